The maximum Gasteiger partial charge on any atom is 0.0718 e. The first kappa shape index (κ1) is 11.2. The number of nitrogens with zero attached hydrogens (tertiary/aromatic N) is 1. The molecule has 21 heavy (non-hydrogen) atoms. The molecule has 0 aliphatic carbocycles. The van der Waals surface area contributed by atoms with Crippen LogP contribution in [0.5, 0.6) is 0 Å². The van der Waals surface area contributed by atoms with Crippen molar-refractivity contribution in [2.75, 3.05) is 5.84 Å². The van der Waals surface area contributed by atoms with E-state index in [1.807, 2.05) is 17.4 Å². The molecule has 0 aliphatic rings. The van der Waals surface area contributed by atoms with E-state index in [-0.39, 0.29) is 0 Å². The molecule has 0 aliphatic heterocycles. The molecule has 0 amide bonds. The van der Waals surface area contributed by atoms with Crippen LogP contribution in [0.3, 0.4) is 0 Å². The monoisotopic (exact) mass is 288 g/mol. The summed E-state index contributed by atoms with van der Waals surface area (Å²) in [6, 6.07) is 21.3. The number of hydrogen-bond donors (Lipinski definition) is 1. The Balaban J connectivity index is 2.16. The van der Waals surface area contributed by atoms with Gasteiger partial charge in [-0.15, -0.1) is 11.3 Å². The molecular weight excluding hydrogens is 276 g/mol. The second-order valence-electron chi connectivity index (χ2n) is 5.32. The van der Waals surface area contributed by atoms with Crippen LogP contribution >= 0.6 is 11.3 Å². The maximum atomic E-state index is 6.28. The number of nitrogen functional groups attached to an aromatic ring is 1. The van der Waals surface area contributed by atoms with Crippen LogP contribution in [-0.2, 0) is 0 Å². The van der Waals surface area contributed by atoms with Crippen LogP contribution in [0, 0.1) is 0 Å². The summed E-state index contributed by atoms with van der Waals surface area (Å²) in [6.45, 7) is 0. The quantitative estimate of drug-likeness (QED) is 0.405. The molecule has 2 heterocycles. The van der Waals surface area contributed by atoms with Gasteiger partial charge >= 0.3 is 0 Å². The number of rotatable bonds is 0. The number of hydrogen-bond acceptors (Lipinski definition) is 2. The van der Waals surface area contributed by atoms with Crippen molar-refractivity contribution >= 4 is 53.3 Å². The van der Waals surface area contributed by atoms with Crippen molar-refractivity contribution in [2.24, 2.45) is 0 Å². The van der Waals surface area contributed by atoms with Crippen LogP contribution in [0.15, 0.2) is 60.7 Å². The molecule has 2 nitrogen and oxygen atoms in total. The Morgan fingerprint density at radius 2 is 1.48 bits per heavy atom. The van der Waals surface area contributed by atoms with Gasteiger partial charge in [0.1, 0.15) is 0 Å². The van der Waals surface area contributed by atoms with Gasteiger partial charge in [0.25, 0.3) is 0 Å². The average molecular weight is 288 g/mol. The number of para-hydroxylation sites is 1. The summed E-state index contributed by atoms with van der Waals surface area (Å²) in [5, 5.41) is 5.15. The van der Waals surface area contributed by atoms with Crippen molar-refractivity contribution in [3.05, 3.63) is 60.7 Å². The van der Waals surface area contributed by atoms with Gasteiger partial charge in [0.15, 0.2) is 0 Å². The van der Waals surface area contributed by atoms with Crippen LogP contribution in [0.1, 0.15) is 0 Å². The summed E-state index contributed by atoms with van der Waals surface area (Å²) in [5.74, 6) is 6.28. The average Bonchev–Trinajstić information content (AvgIpc) is 3.04. The first-order valence-corrected chi connectivity index (χ1v) is 7.75. The molecule has 5 aromatic rings. The first-order valence-electron chi connectivity index (χ1n) is 6.93. The molecule has 0 fully saturated rings. The van der Waals surface area contributed by atoms with Gasteiger partial charge in [-0.2, -0.15) is 0 Å². The lowest BCUT2D eigenvalue weighted by Crippen LogP contribution is -2.06. The van der Waals surface area contributed by atoms with Crippen molar-refractivity contribution in [1.29, 1.82) is 0 Å². The Hall–Kier alpha value is -2.52. The fourth-order valence-electron chi connectivity index (χ4n) is 3.26. The lowest BCUT2D eigenvalue weighted by Gasteiger charge is -1.98. The van der Waals surface area contributed by atoms with Gasteiger partial charge in [0.2, 0.25) is 0 Å². The Morgan fingerprint density at radius 1 is 0.714 bits per heavy atom. The van der Waals surface area contributed by atoms with Crippen molar-refractivity contribution in [3.63, 3.8) is 0 Å². The summed E-state index contributed by atoms with van der Waals surface area (Å²) in [5.41, 5.74) is 2.17. The molecular formula is C18H12N2S. The topological polar surface area (TPSA) is 30.9 Å². The van der Waals surface area contributed by atoms with E-state index in [1.54, 1.807) is 4.68 Å². The molecule has 0 radical (unpaired) electrons. The van der Waals surface area contributed by atoms with E-state index in [4.69, 9.17) is 5.84 Å². The van der Waals surface area contributed by atoms with Crippen molar-refractivity contribution in [2.45, 2.75) is 0 Å². The summed E-state index contributed by atoms with van der Waals surface area (Å²) in [6.07, 6.45) is 0. The minimum Gasteiger partial charge on any atom is -0.339 e. The molecule has 0 saturated carbocycles. The van der Waals surface area contributed by atoms with Crippen molar-refractivity contribution < 1.29 is 0 Å². The number of benzene rings is 3. The fraction of sp³-hybridized carbons (Fsp3) is 0. The molecule has 100 valence electrons. The molecule has 0 saturated heterocycles. The third kappa shape index (κ3) is 1.31. The normalized spacial score (nSPS) is 12.0. The summed E-state index contributed by atoms with van der Waals surface area (Å²) in [4.78, 5) is 0. The third-order valence-electron chi connectivity index (χ3n) is 4.22. The van der Waals surface area contributed by atoms with E-state index in [9.17, 15) is 0 Å². The zero-order chi connectivity index (χ0) is 14.0. The van der Waals surface area contributed by atoms with Crippen LogP contribution < -0.4 is 5.84 Å². The zero-order valence-corrected chi connectivity index (χ0v) is 12.0. The SMILES string of the molecule is Nn1c2ccccc2c2c3sc4ccccc4c3ccc21. The second-order valence-corrected chi connectivity index (χ2v) is 6.37. The first-order chi connectivity index (χ1) is 10.3. The van der Waals surface area contributed by atoms with Crippen LogP contribution in [-0.4, -0.2) is 4.68 Å². The number of fused-ring (bicyclic) bond motifs is 7. The zero-order valence-electron chi connectivity index (χ0n) is 11.2. The third-order valence-corrected chi connectivity index (χ3v) is 5.42. The Labute approximate surface area is 125 Å². The lowest BCUT2D eigenvalue weighted by atomic mass is 10.1. The Morgan fingerprint density at radius 3 is 2.38 bits per heavy atom. The highest BCUT2D eigenvalue weighted by molar-refractivity contribution is 7.26. The van der Waals surface area contributed by atoms with E-state index in [1.165, 1.54) is 30.9 Å². The smallest absolute Gasteiger partial charge is 0.0718 e. The molecule has 2 N–H and O–H groups in total. The van der Waals surface area contributed by atoms with Gasteiger partial charge in [-0.25, -0.2) is 0 Å². The molecule has 0 bridgehead atoms. The molecule has 3 heteroatoms. The fourth-order valence-corrected chi connectivity index (χ4v) is 4.52. The predicted octanol–water partition coefficient (Wildman–Crippen LogP) is 4.88. The summed E-state index contributed by atoms with van der Waals surface area (Å²) < 4.78 is 4.46. The van der Waals surface area contributed by atoms with Gasteiger partial charge < -0.3 is 5.84 Å². The van der Waals surface area contributed by atoms with E-state index in [0.717, 1.165) is 11.0 Å². The second kappa shape index (κ2) is 3.77. The van der Waals surface area contributed by atoms with Crippen molar-refractivity contribution in [1.82, 2.24) is 4.68 Å². The number of aromatic nitrogens is 1. The largest absolute Gasteiger partial charge is 0.339 e. The van der Waals surface area contributed by atoms with Gasteiger partial charge in [0.05, 0.1) is 11.0 Å². The van der Waals surface area contributed by atoms with E-state index in [0.29, 0.717) is 0 Å². The Kier molecular flexibility index (Phi) is 2.01. The van der Waals surface area contributed by atoms with E-state index < -0.39 is 0 Å². The predicted molar refractivity (Wildman–Crippen MR) is 92.5 cm³/mol. The van der Waals surface area contributed by atoms with Gasteiger partial charge in [-0.3, -0.25) is 4.68 Å². The molecule has 0 atom stereocenters. The summed E-state index contributed by atoms with van der Waals surface area (Å²) >= 11 is 1.85. The van der Waals surface area contributed by atoms with Crippen LogP contribution in [0.25, 0.3) is 42.0 Å². The highest BCUT2D eigenvalue weighted by atomic mass is 32.1. The van der Waals surface area contributed by atoms with Gasteiger partial charge in [-0.1, -0.05) is 42.5 Å². The maximum absolute atomic E-state index is 6.28. The van der Waals surface area contributed by atoms with Crippen LogP contribution in [0.4, 0.5) is 0 Å². The highest BCUT2D eigenvalue weighted by Gasteiger charge is 2.14. The van der Waals surface area contributed by atoms with Crippen LogP contribution in [0.2, 0.25) is 0 Å². The van der Waals surface area contributed by atoms with Gasteiger partial charge in [-0.05, 0) is 18.2 Å². The van der Waals surface area contributed by atoms with Gasteiger partial charge in [0, 0.05) is 30.9 Å². The van der Waals surface area contributed by atoms with E-state index >= 15 is 0 Å². The molecule has 2 aromatic heterocycles. The molecule has 5 rings (SSSR count). The molecule has 0 spiro atoms. The number of thiophene rings is 1. The molecule has 3 aromatic carbocycles. The minimum atomic E-state index is 1.08. The van der Waals surface area contributed by atoms with E-state index in [2.05, 4.69) is 54.6 Å². The molecule has 0 unspecified atom stereocenters. The highest BCUT2D eigenvalue weighted by Crippen LogP contribution is 2.41. The minimum absolute atomic E-state index is 1.08. The lowest BCUT2D eigenvalue weighted by molar-refractivity contribution is 1.12. The van der Waals surface area contributed by atoms with Crippen molar-refractivity contribution in [3.8, 4) is 0 Å². The Bertz CT molecular complexity index is 1150. The standard InChI is InChI=1S/C18H12N2S/c19-20-14-7-3-1-6-13(14)17-15(20)10-9-12-11-5-2-4-8-16(11)21-18(12)17/h1-10H,19H2. The summed E-state index contributed by atoms with van der Waals surface area (Å²) in [7, 11) is 0. The number of nitrogens with two attached hydrogens (primary N) is 1.